The molecule has 5 heteroatoms. The van der Waals surface area contributed by atoms with E-state index in [-0.39, 0.29) is 5.56 Å². The Labute approximate surface area is 145 Å². The van der Waals surface area contributed by atoms with Gasteiger partial charge in [0.25, 0.3) is 5.56 Å². The van der Waals surface area contributed by atoms with Gasteiger partial charge in [-0.05, 0) is 37.1 Å². The van der Waals surface area contributed by atoms with E-state index in [0.717, 1.165) is 28.7 Å². The second kappa shape index (κ2) is 5.84. The molecule has 0 N–H and O–H groups in total. The first kappa shape index (κ1) is 15.6. The number of fused-ring (bicyclic) bond motifs is 3. The van der Waals surface area contributed by atoms with Crippen LogP contribution in [0.3, 0.4) is 0 Å². The zero-order valence-corrected chi connectivity index (χ0v) is 14.6. The van der Waals surface area contributed by atoms with Crippen LogP contribution in [0.4, 0.5) is 0 Å². The highest BCUT2D eigenvalue weighted by Crippen LogP contribution is 2.23. The Morgan fingerprint density at radius 1 is 1.08 bits per heavy atom. The van der Waals surface area contributed by atoms with Crippen molar-refractivity contribution in [1.82, 2.24) is 19.1 Å². The maximum atomic E-state index is 13.4. The average Bonchev–Trinajstić information content (AvgIpc) is 3.00. The number of aromatic nitrogens is 4. The topological polar surface area (TPSA) is 52.7 Å². The summed E-state index contributed by atoms with van der Waals surface area (Å²) in [5, 5.41) is 0.889. The molecule has 126 valence electrons. The largest absolute Gasteiger partial charge is 0.326 e. The van der Waals surface area contributed by atoms with Crippen molar-refractivity contribution in [2.24, 2.45) is 5.92 Å². The van der Waals surface area contributed by atoms with E-state index in [2.05, 4.69) is 23.8 Å². The fourth-order valence-corrected chi connectivity index (χ4v) is 3.23. The molecule has 0 unspecified atom stereocenters. The van der Waals surface area contributed by atoms with Crippen LogP contribution in [0.1, 0.15) is 19.4 Å². The van der Waals surface area contributed by atoms with Crippen LogP contribution in [-0.4, -0.2) is 19.1 Å². The first-order valence-electron chi connectivity index (χ1n) is 8.48. The third kappa shape index (κ3) is 2.52. The number of pyridine rings is 2. The van der Waals surface area contributed by atoms with Gasteiger partial charge in [-0.25, -0.2) is 9.97 Å². The summed E-state index contributed by atoms with van der Waals surface area (Å²) in [4.78, 5) is 22.3. The van der Waals surface area contributed by atoms with Crippen LogP contribution in [-0.2, 0) is 6.54 Å². The molecule has 0 saturated heterocycles. The molecule has 4 rings (SSSR count). The Bertz CT molecular complexity index is 1120. The number of hydrogen-bond donors (Lipinski definition) is 0. The number of imidazole rings is 1. The molecule has 0 radical (unpaired) electrons. The Kier molecular flexibility index (Phi) is 3.64. The van der Waals surface area contributed by atoms with Gasteiger partial charge in [-0.3, -0.25) is 9.36 Å². The molecule has 0 bridgehead atoms. The van der Waals surface area contributed by atoms with Crippen LogP contribution < -0.4 is 5.56 Å². The first-order valence-corrected chi connectivity index (χ1v) is 8.48. The molecule has 1 aromatic carbocycles. The van der Waals surface area contributed by atoms with E-state index in [1.807, 2.05) is 47.9 Å². The Hall–Kier alpha value is -2.95. The number of nitrogens with zero attached hydrogens (tertiary/aromatic N) is 4. The predicted molar refractivity (Wildman–Crippen MR) is 100 cm³/mol. The molecule has 0 saturated carbocycles. The zero-order chi connectivity index (χ0) is 17.6. The van der Waals surface area contributed by atoms with Crippen molar-refractivity contribution in [2.75, 3.05) is 0 Å². The second-order valence-corrected chi connectivity index (χ2v) is 6.84. The van der Waals surface area contributed by atoms with Crippen molar-refractivity contribution >= 4 is 22.1 Å². The van der Waals surface area contributed by atoms with Crippen molar-refractivity contribution in [2.45, 2.75) is 27.3 Å². The lowest BCUT2D eigenvalue weighted by atomic mass is 10.2. The summed E-state index contributed by atoms with van der Waals surface area (Å²) >= 11 is 0. The molecule has 25 heavy (non-hydrogen) atoms. The van der Waals surface area contributed by atoms with Gasteiger partial charge in [-0.2, -0.15) is 0 Å². The first-order chi connectivity index (χ1) is 12.1. The molecule has 0 spiro atoms. The summed E-state index contributed by atoms with van der Waals surface area (Å²) in [6.45, 7) is 7.05. The predicted octanol–water partition coefficient (Wildman–Crippen LogP) is 3.70. The highest BCUT2D eigenvalue weighted by Gasteiger charge is 2.17. The summed E-state index contributed by atoms with van der Waals surface area (Å²) in [5.41, 5.74) is 3.88. The van der Waals surface area contributed by atoms with Gasteiger partial charge in [0, 0.05) is 18.1 Å². The molecule has 0 aliphatic heterocycles. The lowest BCUT2D eigenvalue weighted by molar-refractivity contribution is 0.531. The lowest BCUT2D eigenvalue weighted by Gasteiger charge is -2.12. The minimum Gasteiger partial charge on any atom is -0.326 e. The molecule has 5 nitrogen and oxygen atoms in total. The van der Waals surface area contributed by atoms with Gasteiger partial charge in [0.05, 0.1) is 12.0 Å². The summed E-state index contributed by atoms with van der Waals surface area (Å²) in [5.74, 6) is 0.425. The van der Waals surface area contributed by atoms with Crippen molar-refractivity contribution in [3.63, 3.8) is 0 Å². The Balaban J connectivity index is 2.14. The van der Waals surface area contributed by atoms with Gasteiger partial charge in [-0.15, -0.1) is 0 Å². The van der Waals surface area contributed by atoms with E-state index >= 15 is 0 Å². The van der Waals surface area contributed by atoms with Crippen LogP contribution in [0.2, 0.25) is 0 Å². The van der Waals surface area contributed by atoms with Gasteiger partial charge in [0.15, 0.2) is 0 Å². The van der Waals surface area contributed by atoms with E-state index in [9.17, 15) is 4.79 Å². The summed E-state index contributed by atoms with van der Waals surface area (Å²) in [6.07, 6.45) is 3.47. The number of aryl methyl sites for hydroxylation is 1. The van der Waals surface area contributed by atoms with Gasteiger partial charge >= 0.3 is 0 Å². The standard InChI is InChI=1S/C20H20N4O/c1-13(2)11-23-12-22-17-16-5-4-10-21-19(16)24(20(25)18(17)23)15-8-6-14(3)7-9-15/h4-10,12-13H,11H2,1-3H3. The maximum Gasteiger partial charge on any atom is 0.282 e. The van der Waals surface area contributed by atoms with E-state index in [1.165, 1.54) is 0 Å². The van der Waals surface area contributed by atoms with Crippen LogP contribution in [0.5, 0.6) is 0 Å². The molecule has 0 amide bonds. The minimum absolute atomic E-state index is 0.0804. The van der Waals surface area contributed by atoms with Crippen molar-refractivity contribution < 1.29 is 0 Å². The van der Waals surface area contributed by atoms with Crippen molar-refractivity contribution in [1.29, 1.82) is 0 Å². The molecule has 0 atom stereocenters. The molecular formula is C20H20N4O. The molecular weight excluding hydrogens is 312 g/mol. The fraction of sp³-hybridized carbons (Fsp3) is 0.250. The fourth-order valence-electron chi connectivity index (χ4n) is 3.23. The average molecular weight is 332 g/mol. The van der Waals surface area contributed by atoms with Crippen molar-refractivity contribution in [3.05, 3.63) is 64.8 Å². The number of rotatable bonds is 3. The van der Waals surface area contributed by atoms with Gasteiger partial charge in [-0.1, -0.05) is 31.5 Å². The molecule has 0 aliphatic rings. The quantitative estimate of drug-likeness (QED) is 0.575. The van der Waals surface area contributed by atoms with Gasteiger partial charge in [0.1, 0.15) is 16.7 Å². The van der Waals surface area contributed by atoms with E-state index < -0.39 is 0 Å². The molecule has 0 aliphatic carbocycles. The highest BCUT2D eigenvalue weighted by molar-refractivity contribution is 6.01. The number of hydrogen-bond acceptors (Lipinski definition) is 3. The van der Waals surface area contributed by atoms with Crippen LogP contribution in [0, 0.1) is 12.8 Å². The Morgan fingerprint density at radius 3 is 2.56 bits per heavy atom. The third-order valence-corrected chi connectivity index (χ3v) is 4.35. The second-order valence-electron chi connectivity index (χ2n) is 6.84. The SMILES string of the molecule is Cc1ccc(-n2c(=O)c3c(ncn3CC(C)C)c3cccnc32)cc1. The maximum absolute atomic E-state index is 13.4. The van der Waals surface area contributed by atoms with Gasteiger partial charge < -0.3 is 4.57 Å². The van der Waals surface area contributed by atoms with E-state index in [4.69, 9.17) is 0 Å². The number of benzene rings is 1. The lowest BCUT2D eigenvalue weighted by Crippen LogP contribution is -2.22. The summed E-state index contributed by atoms with van der Waals surface area (Å²) < 4.78 is 3.65. The van der Waals surface area contributed by atoms with E-state index in [0.29, 0.717) is 17.1 Å². The van der Waals surface area contributed by atoms with Crippen LogP contribution in [0.25, 0.3) is 27.8 Å². The zero-order valence-electron chi connectivity index (χ0n) is 14.6. The summed E-state index contributed by atoms with van der Waals surface area (Å²) in [7, 11) is 0. The van der Waals surface area contributed by atoms with Crippen LogP contribution in [0.15, 0.2) is 53.7 Å². The molecule has 4 aromatic rings. The minimum atomic E-state index is -0.0804. The Morgan fingerprint density at radius 2 is 1.84 bits per heavy atom. The molecule has 3 heterocycles. The normalized spacial score (nSPS) is 11.7. The highest BCUT2D eigenvalue weighted by atomic mass is 16.1. The monoisotopic (exact) mass is 332 g/mol. The van der Waals surface area contributed by atoms with Gasteiger partial charge in [0.2, 0.25) is 0 Å². The third-order valence-electron chi connectivity index (χ3n) is 4.35. The van der Waals surface area contributed by atoms with Crippen molar-refractivity contribution in [3.8, 4) is 5.69 Å². The van der Waals surface area contributed by atoms with E-state index in [1.54, 1.807) is 17.1 Å². The smallest absolute Gasteiger partial charge is 0.282 e. The van der Waals surface area contributed by atoms with Crippen LogP contribution >= 0.6 is 0 Å². The molecule has 0 fully saturated rings. The summed E-state index contributed by atoms with van der Waals surface area (Å²) in [6, 6.07) is 11.8. The molecule has 3 aromatic heterocycles.